The third kappa shape index (κ3) is 3.83. The second-order valence-electron chi connectivity index (χ2n) is 5.54. The molecule has 0 radical (unpaired) electrons. The lowest BCUT2D eigenvalue weighted by molar-refractivity contribution is 0.0473. The molecule has 3 rings (SSSR count). The molecule has 0 aliphatic rings. The highest BCUT2D eigenvalue weighted by atomic mass is 35.5. The molecule has 140 valence electrons. The number of rotatable bonds is 5. The molecule has 1 aromatic heterocycles. The Morgan fingerprint density at radius 3 is 2.63 bits per heavy atom. The highest BCUT2D eigenvalue weighted by Gasteiger charge is 2.17. The molecule has 0 atom stereocenters. The van der Waals surface area contributed by atoms with Gasteiger partial charge in [0.05, 0.1) is 24.8 Å². The normalized spacial score (nSPS) is 10.6. The Morgan fingerprint density at radius 2 is 1.93 bits per heavy atom. The zero-order valence-electron chi connectivity index (χ0n) is 14.4. The number of hydrogen-bond acceptors (Lipinski definition) is 7. The van der Waals surface area contributed by atoms with Crippen molar-refractivity contribution in [2.75, 3.05) is 14.2 Å². The van der Waals surface area contributed by atoms with E-state index in [1.807, 2.05) is 0 Å². The maximum atomic E-state index is 12.4. The van der Waals surface area contributed by atoms with Gasteiger partial charge in [0.25, 0.3) is 0 Å². The van der Waals surface area contributed by atoms with Crippen molar-refractivity contribution in [1.82, 2.24) is 0 Å². The summed E-state index contributed by atoms with van der Waals surface area (Å²) in [6.07, 6.45) is 0. The van der Waals surface area contributed by atoms with Crippen LogP contribution >= 0.6 is 11.6 Å². The van der Waals surface area contributed by atoms with Crippen LogP contribution in [0.4, 0.5) is 0 Å². The van der Waals surface area contributed by atoms with Gasteiger partial charge in [-0.1, -0.05) is 11.6 Å². The van der Waals surface area contributed by atoms with Crippen LogP contribution in [-0.4, -0.2) is 25.3 Å². The fourth-order valence-corrected chi connectivity index (χ4v) is 2.89. The fourth-order valence-electron chi connectivity index (χ4n) is 2.60. The van der Waals surface area contributed by atoms with E-state index >= 15 is 0 Å². The number of hydrogen-bond donors (Lipinski definition) is 1. The average molecular weight is 391 g/mol. The van der Waals surface area contributed by atoms with Gasteiger partial charge in [-0.15, -0.1) is 0 Å². The van der Waals surface area contributed by atoms with Crippen LogP contribution in [0, 0.1) is 0 Å². The third-order valence-corrected chi connectivity index (χ3v) is 4.12. The van der Waals surface area contributed by atoms with E-state index in [0.29, 0.717) is 22.4 Å². The van der Waals surface area contributed by atoms with E-state index < -0.39 is 11.6 Å². The van der Waals surface area contributed by atoms with Crippen molar-refractivity contribution in [1.29, 1.82) is 0 Å². The summed E-state index contributed by atoms with van der Waals surface area (Å²) in [5.41, 5.74) is 0.194. The maximum absolute atomic E-state index is 12.4. The Balaban J connectivity index is 1.87. The van der Waals surface area contributed by atoms with Gasteiger partial charge in [0.2, 0.25) is 0 Å². The smallest absolute Gasteiger partial charge is 0.338 e. The molecule has 0 fully saturated rings. The molecule has 0 aliphatic carbocycles. The summed E-state index contributed by atoms with van der Waals surface area (Å²) in [4.78, 5) is 24.1. The van der Waals surface area contributed by atoms with Gasteiger partial charge in [-0.2, -0.15) is 0 Å². The van der Waals surface area contributed by atoms with E-state index in [0.717, 1.165) is 0 Å². The first-order valence-electron chi connectivity index (χ1n) is 7.77. The monoisotopic (exact) mass is 390 g/mol. The lowest BCUT2D eigenvalue weighted by Gasteiger charge is -2.12. The first kappa shape index (κ1) is 18.6. The molecule has 0 amide bonds. The molecule has 0 saturated heterocycles. The molecule has 3 aromatic rings. The number of phenols is 1. The minimum absolute atomic E-state index is 0.0419. The van der Waals surface area contributed by atoms with E-state index in [2.05, 4.69) is 0 Å². The minimum atomic E-state index is -0.655. The molecular formula is C19H15ClO7. The van der Waals surface area contributed by atoms with Crippen LogP contribution in [0.2, 0.25) is 5.02 Å². The number of phenolic OH excluding ortho intramolecular Hbond substituents is 1. The van der Waals surface area contributed by atoms with Crippen LogP contribution in [0.3, 0.4) is 0 Å². The van der Waals surface area contributed by atoms with Crippen molar-refractivity contribution < 1.29 is 28.5 Å². The van der Waals surface area contributed by atoms with E-state index in [1.54, 1.807) is 6.07 Å². The van der Waals surface area contributed by atoms with Crippen LogP contribution in [0.15, 0.2) is 45.6 Å². The lowest BCUT2D eigenvalue weighted by atomic mass is 10.1. The van der Waals surface area contributed by atoms with Crippen molar-refractivity contribution in [2.24, 2.45) is 0 Å². The van der Waals surface area contributed by atoms with Gasteiger partial charge in [0.15, 0.2) is 11.5 Å². The number of esters is 1. The first-order chi connectivity index (χ1) is 12.9. The number of fused-ring (bicyclic) bond motifs is 1. The molecule has 0 unspecified atom stereocenters. The molecule has 0 bridgehead atoms. The van der Waals surface area contributed by atoms with Crippen LogP contribution in [0.5, 0.6) is 17.2 Å². The summed E-state index contributed by atoms with van der Waals surface area (Å²) in [5.74, 6) is -0.0989. The van der Waals surface area contributed by atoms with Crippen molar-refractivity contribution in [3.8, 4) is 17.2 Å². The standard InChI is InChI=1S/C19H15ClO7/c1-24-16-6-10(5-14(20)18(16)25-2)19(23)26-9-11-7-17(22)27-15-8-12(21)3-4-13(11)15/h3-8,21H,9H2,1-2H3. The van der Waals surface area contributed by atoms with E-state index in [9.17, 15) is 14.7 Å². The predicted molar refractivity (Wildman–Crippen MR) is 97.8 cm³/mol. The zero-order valence-corrected chi connectivity index (χ0v) is 15.2. The Kier molecular flexibility index (Phi) is 5.23. The summed E-state index contributed by atoms with van der Waals surface area (Å²) in [6, 6.07) is 8.42. The second kappa shape index (κ2) is 7.59. The molecule has 0 saturated carbocycles. The minimum Gasteiger partial charge on any atom is -0.508 e. The molecule has 0 aliphatic heterocycles. The Hall–Kier alpha value is -3.19. The van der Waals surface area contributed by atoms with Crippen LogP contribution in [0.25, 0.3) is 11.0 Å². The molecule has 7 nitrogen and oxygen atoms in total. The van der Waals surface area contributed by atoms with Gasteiger partial charge in [0.1, 0.15) is 17.9 Å². The Labute approximate surface area is 158 Å². The highest BCUT2D eigenvalue weighted by Crippen LogP contribution is 2.36. The number of benzene rings is 2. The third-order valence-electron chi connectivity index (χ3n) is 3.84. The van der Waals surface area contributed by atoms with Crippen molar-refractivity contribution in [3.63, 3.8) is 0 Å². The molecule has 0 spiro atoms. The summed E-state index contributed by atoms with van der Waals surface area (Å²) in [6.45, 7) is -0.169. The molecule has 1 N–H and O–H groups in total. The van der Waals surface area contributed by atoms with E-state index in [1.165, 1.54) is 44.6 Å². The number of carbonyl (C=O) groups excluding carboxylic acids is 1. The van der Waals surface area contributed by atoms with Gasteiger partial charge < -0.3 is 23.7 Å². The fraction of sp³-hybridized carbons (Fsp3) is 0.158. The highest BCUT2D eigenvalue weighted by molar-refractivity contribution is 6.32. The van der Waals surface area contributed by atoms with Crippen LogP contribution in [0.1, 0.15) is 15.9 Å². The topological polar surface area (TPSA) is 95.2 Å². The predicted octanol–water partition coefficient (Wildman–Crippen LogP) is 3.53. The summed E-state index contributed by atoms with van der Waals surface area (Å²) in [5, 5.41) is 10.3. The number of halogens is 1. The van der Waals surface area contributed by atoms with Crippen molar-refractivity contribution >= 4 is 28.5 Å². The number of carbonyl (C=O) groups is 1. The number of aromatic hydroxyl groups is 1. The van der Waals surface area contributed by atoms with Gasteiger partial charge in [0, 0.05) is 23.1 Å². The lowest BCUT2D eigenvalue weighted by Crippen LogP contribution is -2.08. The van der Waals surface area contributed by atoms with E-state index in [-0.39, 0.29) is 28.5 Å². The zero-order chi connectivity index (χ0) is 19.6. The number of methoxy groups -OCH3 is 2. The average Bonchev–Trinajstić information content (AvgIpc) is 2.64. The molecule has 2 aromatic carbocycles. The first-order valence-corrected chi connectivity index (χ1v) is 8.15. The Bertz CT molecular complexity index is 1070. The second-order valence-corrected chi connectivity index (χ2v) is 5.95. The van der Waals surface area contributed by atoms with Gasteiger partial charge >= 0.3 is 11.6 Å². The maximum Gasteiger partial charge on any atom is 0.338 e. The van der Waals surface area contributed by atoms with Gasteiger partial charge in [-0.05, 0) is 24.3 Å². The van der Waals surface area contributed by atoms with Crippen molar-refractivity contribution in [3.05, 3.63) is 63.0 Å². The SMILES string of the molecule is COc1cc(C(=O)OCc2cc(=O)oc3cc(O)ccc23)cc(Cl)c1OC. The largest absolute Gasteiger partial charge is 0.508 e. The Morgan fingerprint density at radius 1 is 1.15 bits per heavy atom. The molecule has 27 heavy (non-hydrogen) atoms. The quantitative estimate of drug-likeness (QED) is 0.526. The summed E-state index contributed by atoms with van der Waals surface area (Å²) < 4.78 is 20.6. The number of ether oxygens (including phenoxy) is 3. The van der Waals surface area contributed by atoms with E-state index in [4.69, 9.17) is 30.2 Å². The molecule has 1 heterocycles. The van der Waals surface area contributed by atoms with Gasteiger partial charge in [-0.3, -0.25) is 0 Å². The molecular weight excluding hydrogens is 376 g/mol. The van der Waals surface area contributed by atoms with Gasteiger partial charge in [-0.25, -0.2) is 9.59 Å². The summed E-state index contributed by atoms with van der Waals surface area (Å²) >= 11 is 6.10. The summed E-state index contributed by atoms with van der Waals surface area (Å²) in [7, 11) is 2.86. The molecule has 8 heteroatoms. The van der Waals surface area contributed by atoms with Crippen LogP contribution in [-0.2, 0) is 11.3 Å². The van der Waals surface area contributed by atoms with Crippen LogP contribution < -0.4 is 15.1 Å². The van der Waals surface area contributed by atoms with Crippen molar-refractivity contribution in [2.45, 2.75) is 6.61 Å².